The second-order valence-electron chi connectivity index (χ2n) is 0. The zero-order valence-corrected chi connectivity index (χ0v) is 20.8. The van der Waals surface area contributed by atoms with Crippen molar-refractivity contribution < 1.29 is 124 Å². The van der Waals surface area contributed by atoms with Gasteiger partial charge in [-0.3, -0.25) is 0 Å². The van der Waals surface area contributed by atoms with Crippen LogP contribution in [-0.2, 0) is 0 Å². The fourth-order valence-electron chi connectivity index (χ4n) is 0. The Balaban J connectivity index is 0. The van der Waals surface area contributed by atoms with Crippen molar-refractivity contribution >= 4 is 9.90 Å². The van der Waals surface area contributed by atoms with Gasteiger partial charge in [0.05, 0.1) is 0 Å². The quantitative estimate of drug-likeness (QED) is 0.212. The van der Waals surface area contributed by atoms with Crippen molar-refractivity contribution in [3.05, 3.63) is 0 Å². The first-order chi connectivity index (χ1) is 0. The monoisotopic (exact) mass is 1290 g/mol. The summed E-state index contributed by atoms with van der Waals surface area (Å²) < 4.78 is 0. The number of hydrogen-bond acceptors (Lipinski definition) is 0. The Kier molecular flexibility index (Phi) is 38600. The van der Waals surface area contributed by atoms with Gasteiger partial charge in [-0.05, 0) is 0 Å². The topological polar surface area (TPSA) is 0 Å². The van der Waals surface area contributed by atoms with Crippen LogP contribution in [0.25, 0.3) is 0 Å². The van der Waals surface area contributed by atoms with Gasteiger partial charge in [0.1, 0.15) is 0 Å². The van der Waals surface area contributed by atoms with Gasteiger partial charge in [0.2, 0.25) is 0 Å². The van der Waals surface area contributed by atoms with E-state index >= 15 is 0 Å². The Labute approximate surface area is 271 Å². The summed E-state index contributed by atoms with van der Waals surface area (Å²) in [7, 11) is 0. The molecule has 5 heteroatoms. The van der Waals surface area contributed by atoms with E-state index < -0.39 is 0 Å². The smallest absolute Gasteiger partial charge is 0 e. The summed E-state index contributed by atoms with van der Waals surface area (Å²) in [5, 5.41) is 0. The molecule has 0 heterocycles. The van der Waals surface area contributed by atoms with Gasteiger partial charge in [-0.25, -0.2) is 0 Å². The van der Waals surface area contributed by atoms with E-state index in [0.717, 1.165) is 0 Å². The molecule has 0 nitrogen and oxygen atoms in total. The van der Waals surface area contributed by atoms with Crippen LogP contribution >= 0.6 is 9.90 Å². The minimum absolute atomic E-state index is 0. The summed E-state index contributed by atoms with van der Waals surface area (Å²) in [6.07, 6.45) is 0. The fourth-order valence-corrected chi connectivity index (χ4v) is 0. The molecule has 0 aromatic heterocycles. The van der Waals surface area contributed by atoms with Crippen molar-refractivity contribution in [2.45, 2.75) is 141 Å². The van der Waals surface area contributed by atoms with E-state index in [2.05, 4.69) is 0 Å². The van der Waals surface area contributed by atoms with Crippen molar-refractivity contribution in [1.29, 1.82) is 0 Å². The van der Waals surface area contributed by atoms with Crippen LogP contribution in [-0.4, -0.2) is 0 Å². The van der Waals surface area contributed by atoms with Crippen LogP contribution < -0.4 is 0 Å². The van der Waals surface area contributed by atoms with Crippen LogP contribution in [0.15, 0.2) is 0 Å². The average Bonchev–Trinajstić information content (AvgIpc) is 0. The molecule has 0 fully saturated rings. The van der Waals surface area contributed by atoms with E-state index in [4.69, 9.17) is 0 Å². The van der Waals surface area contributed by atoms with Crippen LogP contribution in [0.5, 0.6) is 0 Å². The summed E-state index contributed by atoms with van der Waals surface area (Å²) in [5.41, 5.74) is 0. The zero-order valence-electron chi connectivity index (χ0n) is 2.71. The van der Waals surface area contributed by atoms with Gasteiger partial charge < -0.3 is 0 Å². The fraction of sp³-hybridized carbons (Fsp3) is 1.00. The van der Waals surface area contributed by atoms with Gasteiger partial charge in [-0.1, -0.05) is 141 Å². The van der Waals surface area contributed by atoms with Crippen molar-refractivity contribution in [1.82, 2.24) is 0 Å². The maximum absolute atomic E-state index is 0. The molecule has 1 atom stereocenters. The molecule has 0 aliphatic carbocycles. The molecule has 0 saturated carbocycles. The minimum atomic E-state index is 0. The summed E-state index contributed by atoms with van der Waals surface area (Å²) >= 11 is 0. The molecule has 24 heavy (non-hydrogen) atoms. The molecule has 0 spiro atoms. The Hall–Kier alpha value is 4.64. The van der Waals surface area contributed by atoms with E-state index in [1.807, 2.05) is 0 Å². The third-order valence-corrected chi connectivity index (χ3v) is 0. The molecule has 176 valence electrons. The van der Waals surface area contributed by atoms with Gasteiger partial charge in [0, 0.05) is 124 Å². The van der Waals surface area contributed by atoms with Gasteiger partial charge in [0.25, 0.3) is 0 Å². The predicted molar refractivity (Wildman–Crippen MR) is 139 cm³/mol. The van der Waals surface area contributed by atoms with E-state index in [-0.39, 0.29) is 275 Å². The largest absolute Gasteiger partial charge is 0.153 e. The van der Waals surface area contributed by atoms with E-state index in [1.54, 1.807) is 0 Å². The van der Waals surface area contributed by atoms with Crippen LogP contribution in [0.3, 0.4) is 0 Å². The van der Waals surface area contributed by atoms with Crippen LogP contribution in [0, 0.1) is 124 Å². The van der Waals surface area contributed by atoms with Crippen molar-refractivity contribution in [3.63, 3.8) is 0 Å². The molecule has 0 aliphatic rings. The van der Waals surface area contributed by atoms with Gasteiger partial charge in [-0.15, -0.1) is 0 Å². The minimum Gasteiger partial charge on any atom is -0.153 e. The molecule has 0 bridgehead atoms. The molecule has 0 aromatic carbocycles. The van der Waals surface area contributed by atoms with Crippen molar-refractivity contribution in [2.24, 2.45) is 0 Å². The first-order valence-corrected chi connectivity index (χ1v) is 0. The van der Waals surface area contributed by atoms with Crippen molar-refractivity contribution in [2.75, 3.05) is 0 Å². The third-order valence-electron chi connectivity index (χ3n) is 0. The molecule has 0 radical (unpaired) electrons. The van der Waals surface area contributed by atoms with E-state index in [9.17, 15) is 0 Å². The Morgan fingerprint density at radius 1 is 0.125 bits per heavy atom. The van der Waals surface area contributed by atoms with E-state index in [0.29, 0.717) is 0 Å². The average molecular weight is 1290 g/mol. The Morgan fingerprint density at radius 2 is 0.125 bits per heavy atom. The number of hydrogen-bond donors (Lipinski definition) is 0. The van der Waals surface area contributed by atoms with Crippen LogP contribution in [0.4, 0.5) is 0 Å². The molecule has 0 rings (SSSR count). The maximum atomic E-state index is 0. The molecule has 1 unspecified atom stereocenters. The molecular formula is C19H79PU4. The summed E-state index contributed by atoms with van der Waals surface area (Å²) in [5.74, 6) is 0. The second-order valence-corrected chi connectivity index (χ2v) is 0. The normalized spacial score (nSPS) is 0. The zero-order chi connectivity index (χ0) is 0. The van der Waals surface area contributed by atoms with Crippen molar-refractivity contribution in [3.8, 4) is 0 Å². The molecule has 0 aromatic rings. The first-order valence-electron chi connectivity index (χ1n) is 0. The summed E-state index contributed by atoms with van der Waals surface area (Å²) in [4.78, 5) is 0. The van der Waals surface area contributed by atoms with Crippen LogP contribution in [0.1, 0.15) is 141 Å². The third kappa shape index (κ3) is 814. The SMILES string of the molecule is C.C.C.C.C.C.C.C.C.C.C.C.C.C.C.C.C.C.C.P.[U].[U].[U].[U]. The molecule has 0 aliphatic heterocycles. The molecule has 0 saturated heterocycles. The van der Waals surface area contributed by atoms with Gasteiger partial charge in [0.15, 0.2) is 0 Å². The molecular weight excluding hydrogens is 1210 g/mol. The molecule has 0 N–H and O–H groups in total. The van der Waals surface area contributed by atoms with Crippen LogP contribution in [0.2, 0.25) is 0 Å². The van der Waals surface area contributed by atoms with E-state index in [1.165, 1.54) is 0 Å². The van der Waals surface area contributed by atoms with Gasteiger partial charge >= 0.3 is 0 Å². The Bertz CT molecular complexity index is 21.3. The Morgan fingerprint density at radius 3 is 0.125 bits per heavy atom. The summed E-state index contributed by atoms with van der Waals surface area (Å²) in [6, 6.07) is 0. The standard InChI is InChI=1S/19CH4.H3P.4U/h19*1H4;1H3;;;;. The second kappa shape index (κ2) is 912. The summed E-state index contributed by atoms with van der Waals surface area (Å²) in [6.45, 7) is 0. The first kappa shape index (κ1) is 1020. The maximum Gasteiger partial charge on any atom is 0 e. The predicted octanol–water partition coefficient (Wildman–Crippen LogP) is 12.1. The number of rotatable bonds is 0. The molecule has 0 amide bonds. The van der Waals surface area contributed by atoms with Gasteiger partial charge in [-0.2, -0.15) is 9.90 Å².